The molecule has 0 spiro atoms. The smallest absolute Gasteiger partial charge is 0.246 e. The maximum absolute atomic E-state index is 11.8. The van der Waals surface area contributed by atoms with Crippen LogP contribution in [0.1, 0.15) is 27.7 Å². The predicted octanol–water partition coefficient (Wildman–Crippen LogP) is 2.21. The SMILES string of the molecule is COCCn1c(C)cc(C=NNC(=O)Cc2csc(C)n2)c1C. The maximum Gasteiger partial charge on any atom is 0.246 e. The zero-order valence-electron chi connectivity index (χ0n) is 13.9. The van der Waals surface area contributed by atoms with Crippen LogP contribution in [0, 0.1) is 20.8 Å². The Labute approximate surface area is 140 Å². The number of thiazole rings is 1. The molecule has 23 heavy (non-hydrogen) atoms. The average molecular weight is 334 g/mol. The number of nitrogens with one attached hydrogen (secondary N) is 1. The number of aromatic nitrogens is 2. The van der Waals surface area contributed by atoms with Gasteiger partial charge in [-0.15, -0.1) is 11.3 Å². The Morgan fingerprint density at radius 2 is 2.26 bits per heavy atom. The molecule has 0 aromatic carbocycles. The summed E-state index contributed by atoms with van der Waals surface area (Å²) >= 11 is 1.54. The normalized spacial score (nSPS) is 11.3. The number of carbonyl (C=O) groups excluding carboxylic acids is 1. The molecule has 0 radical (unpaired) electrons. The predicted molar refractivity (Wildman–Crippen MR) is 92.1 cm³/mol. The highest BCUT2D eigenvalue weighted by Gasteiger charge is 2.08. The summed E-state index contributed by atoms with van der Waals surface area (Å²) in [6, 6.07) is 2.05. The van der Waals surface area contributed by atoms with Gasteiger partial charge in [0.05, 0.1) is 29.9 Å². The summed E-state index contributed by atoms with van der Waals surface area (Å²) in [6.07, 6.45) is 1.92. The molecule has 0 aliphatic heterocycles. The van der Waals surface area contributed by atoms with E-state index in [1.54, 1.807) is 13.3 Å². The van der Waals surface area contributed by atoms with Gasteiger partial charge in [0.15, 0.2) is 0 Å². The Kier molecular flexibility index (Phi) is 6.06. The largest absolute Gasteiger partial charge is 0.383 e. The summed E-state index contributed by atoms with van der Waals surface area (Å²) in [5.41, 5.74) is 6.56. The average Bonchev–Trinajstić information content (AvgIpc) is 3.02. The molecule has 124 valence electrons. The topological polar surface area (TPSA) is 68.5 Å². The molecule has 0 saturated carbocycles. The first-order valence-corrected chi connectivity index (χ1v) is 8.27. The molecule has 6 nitrogen and oxygen atoms in total. The summed E-state index contributed by atoms with van der Waals surface area (Å²) < 4.78 is 7.29. The molecule has 7 heteroatoms. The number of hydrogen-bond acceptors (Lipinski definition) is 5. The van der Waals surface area contributed by atoms with E-state index in [1.807, 2.05) is 32.2 Å². The van der Waals surface area contributed by atoms with E-state index in [-0.39, 0.29) is 12.3 Å². The monoisotopic (exact) mass is 334 g/mol. The van der Waals surface area contributed by atoms with Crippen LogP contribution >= 0.6 is 11.3 Å². The molecule has 2 aromatic rings. The number of rotatable bonds is 7. The fourth-order valence-corrected chi connectivity index (χ4v) is 2.96. The first-order chi connectivity index (χ1) is 11.0. The molecule has 2 aromatic heterocycles. The number of nitrogens with zero attached hydrogens (tertiary/aromatic N) is 3. The van der Waals surface area contributed by atoms with Crippen LogP contribution in [0.5, 0.6) is 0 Å². The van der Waals surface area contributed by atoms with Gasteiger partial charge in [-0.3, -0.25) is 4.79 Å². The quantitative estimate of drug-likeness (QED) is 0.623. The van der Waals surface area contributed by atoms with E-state index in [0.717, 1.165) is 34.2 Å². The molecule has 0 aliphatic rings. The minimum atomic E-state index is -0.167. The maximum atomic E-state index is 11.8. The number of hydrogen-bond donors (Lipinski definition) is 1. The Morgan fingerprint density at radius 1 is 1.48 bits per heavy atom. The number of ether oxygens (including phenoxy) is 1. The van der Waals surface area contributed by atoms with Crippen molar-refractivity contribution in [1.82, 2.24) is 15.0 Å². The highest BCUT2D eigenvalue weighted by atomic mass is 32.1. The molecule has 0 aliphatic carbocycles. The molecule has 0 bridgehead atoms. The van der Waals surface area contributed by atoms with Crippen LogP contribution in [0.15, 0.2) is 16.5 Å². The van der Waals surface area contributed by atoms with Crippen LogP contribution in [0.3, 0.4) is 0 Å². The van der Waals surface area contributed by atoms with Gasteiger partial charge >= 0.3 is 0 Å². The van der Waals surface area contributed by atoms with Crippen molar-refractivity contribution in [1.29, 1.82) is 0 Å². The minimum absolute atomic E-state index is 0.167. The minimum Gasteiger partial charge on any atom is -0.383 e. The second-order valence-electron chi connectivity index (χ2n) is 5.30. The molecular weight excluding hydrogens is 312 g/mol. The number of methoxy groups -OCH3 is 1. The summed E-state index contributed by atoms with van der Waals surface area (Å²) in [7, 11) is 1.69. The van der Waals surface area contributed by atoms with Crippen molar-refractivity contribution in [3.8, 4) is 0 Å². The number of amides is 1. The van der Waals surface area contributed by atoms with Crippen molar-refractivity contribution >= 4 is 23.5 Å². The van der Waals surface area contributed by atoms with E-state index in [1.165, 1.54) is 11.3 Å². The van der Waals surface area contributed by atoms with Crippen molar-refractivity contribution in [2.24, 2.45) is 5.10 Å². The van der Waals surface area contributed by atoms with Crippen LogP contribution in [0.25, 0.3) is 0 Å². The van der Waals surface area contributed by atoms with Gasteiger partial charge in [0, 0.05) is 36.0 Å². The van der Waals surface area contributed by atoms with Crippen molar-refractivity contribution in [2.75, 3.05) is 13.7 Å². The van der Waals surface area contributed by atoms with Gasteiger partial charge in [0.2, 0.25) is 5.91 Å². The van der Waals surface area contributed by atoms with Crippen LogP contribution in [-0.2, 0) is 22.5 Å². The van der Waals surface area contributed by atoms with E-state index in [0.29, 0.717) is 6.61 Å². The first kappa shape index (κ1) is 17.4. The van der Waals surface area contributed by atoms with Gasteiger partial charge in [-0.05, 0) is 26.8 Å². The second-order valence-corrected chi connectivity index (χ2v) is 6.36. The van der Waals surface area contributed by atoms with E-state index in [9.17, 15) is 4.79 Å². The lowest BCUT2D eigenvalue weighted by molar-refractivity contribution is -0.120. The summed E-state index contributed by atoms with van der Waals surface area (Å²) in [5, 5.41) is 6.90. The van der Waals surface area contributed by atoms with Gasteiger partial charge in [-0.1, -0.05) is 0 Å². The lowest BCUT2D eigenvalue weighted by atomic mass is 10.3. The van der Waals surface area contributed by atoms with E-state index < -0.39 is 0 Å². The number of hydrazone groups is 1. The first-order valence-electron chi connectivity index (χ1n) is 7.40. The lowest BCUT2D eigenvalue weighted by Gasteiger charge is -2.08. The molecular formula is C16H22N4O2S. The van der Waals surface area contributed by atoms with Gasteiger partial charge in [0.1, 0.15) is 0 Å². The van der Waals surface area contributed by atoms with Gasteiger partial charge in [-0.2, -0.15) is 5.10 Å². The molecule has 0 saturated heterocycles. The Hall–Kier alpha value is -1.99. The number of carbonyl (C=O) groups is 1. The third-order valence-corrected chi connectivity index (χ3v) is 4.36. The molecule has 1 amide bonds. The molecule has 0 fully saturated rings. The molecule has 2 heterocycles. The zero-order valence-corrected chi connectivity index (χ0v) is 14.7. The summed E-state index contributed by atoms with van der Waals surface area (Å²) in [4.78, 5) is 16.1. The van der Waals surface area contributed by atoms with Crippen molar-refractivity contribution < 1.29 is 9.53 Å². The van der Waals surface area contributed by atoms with Crippen LogP contribution < -0.4 is 5.43 Å². The summed E-state index contributed by atoms with van der Waals surface area (Å²) in [6.45, 7) is 7.46. The highest BCUT2D eigenvalue weighted by molar-refractivity contribution is 7.09. The van der Waals surface area contributed by atoms with Gasteiger partial charge in [0.25, 0.3) is 0 Å². The fraction of sp³-hybridized carbons (Fsp3) is 0.438. The Balaban J connectivity index is 1.93. The zero-order chi connectivity index (χ0) is 16.8. The number of aryl methyl sites for hydroxylation is 2. The second kappa shape index (κ2) is 8.03. The third kappa shape index (κ3) is 4.74. The van der Waals surface area contributed by atoms with Gasteiger partial charge in [-0.25, -0.2) is 10.4 Å². The van der Waals surface area contributed by atoms with Crippen LogP contribution in [0.2, 0.25) is 0 Å². The highest BCUT2D eigenvalue weighted by Crippen LogP contribution is 2.13. The fourth-order valence-electron chi connectivity index (χ4n) is 2.35. The van der Waals surface area contributed by atoms with Crippen LogP contribution in [-0.4, -0.2) is 35.4 Å². The van der Waals surface area contributed by atoms with Crippen molar-refractivity contribution in [2.45, 2.75) is 33.7 Å². The van der Waals surface area contributed by atoms with E-state index in [4.69, 9.17) is 4.74 Å². The molecule has 2 rings (SSSR count). The standard InChI is InChI=1S/C16H22N4O2S/c1-11-7-14(12(2)20(11)5-6-22-4)9-17-19-16(21)8-15-10-23-13(3)18-15/h7,9-10H,5-6,8H2,1-4H3,(H,19,21). The molecule has 0 unspecified atom stereocenters. The van der Waals surface area contributed by atoms with Gasteiger partial charge < -0.3 is 9.30 Å². The van der Waals surface area contributed by atoms with Crippen molar-refractivity contribution in [3.63, 3.8) is 0 Å². The van der Waals surface area contributed by atoms with Crippen molar-refractivity contribution in [3.05, 3.63) is 39.1 Å². The lowest BCUT2D eigenvalue weighted by Crippen LogP contribution is -2.20. The Morgan fingerprint density at radius 3 is 2.91 bits per heavy atom. The summed E-state index contributed by atoms with van der Waals surface area (Å²) in [5.74, 6) is -0.167. The Bertz CT molecular complexity index is 703. The van der Waals surface area contributed by atoms with Crippen LogP contribution in [0.4, 0.5) is 0 Å². The van der Waals surface area contributed by atoms with E-state index >= 15 is 0 Å². The molecule has 0 atom stereocenters. The van der Waals surface area contributed by atoms with E-state index in [2.05, 4.69) is 20.1 Å². The third-order valence-electron chi connectivity index (χ3n) is 3.53. The molecule has 1 N–H and O–H groups in total.